The zero-order valence-electron chi connectivity index (χ0n) is 14.2. The Morgan fingerprint density at radius 3 is 2.46 bits per heavy atom. The van der Waals surface area contributed by atoms with Crippen LogP contribution in [0, 0.1) is 5.82 Å². The zero-order valence-corrected chi connectivity index (χ0v) is 15.0. The van der Waals surface area contributed by atoms with Crippen molar-refractivity contribution in [1.29, 1.82) is 0 Å². The lowest BCUT2D eigenvalue weighted by Gasteiger charge is -2.28. The van der Waals surface area contributed by atoms with Crippen molar-refractivity contribution in [2.45, 2.75) is 19.0 Å². The Morgan fingerprint density at radius 2 is 1.81 bits per heavy atom. The van der Waals surface area contributed by atoms with Gasteiger partial charge in [0, 0.05) is 12.6 Å². The maximum absolute atomic E-state index is 13.7. The molecule has 2 aromatic carbocycles. The van der Waals surface area contributed by atoms with Crippen molar-refractivity contribution >= 4 is 15.7 Å². The Morgan fingerprint density at radius 1 is 1.12 bits per heavy atom. The molecule has 0 N–H and O–H groups in total. The van der Waals surface area contributed by atoms with Crippen LogP contribution in [0.5, 0.6) is 5.75 Å². The average molecular weight is 377 g/mol. The molecule has 0 unspecified atom stereocenters. The minimum absolute atomic E-state index is 0.000412. The van der Waals surface area contributed by atoms with E-state index in [2.05, 4.69) is 0 Å². The summed E-state index contributed by atoms with van der Waals surface area (Å²) in [6.45, 7) is -0.0508. The summed E-state index contributed by atoms with van der Waals surface area (Å²) < 4.78 is 42.6. The largest absolute Gasteiger partial charge is 0.481 e. The molecule has 1 atom stereocenters. The smallest absolute Gasteiger partial charge is 0.261 e. The third-order valence-corrected chi connectivity index (χ3v) is 6.10. The molecule has 0 saturated carbocycles. The number of carbonyl (C=O) groups excluding carboxylic acids is 1. The zero-order chi connectivity index (χ0) is 18.6. The summed E-state index contributed by atoms with van der Waals surface area (Å²) in [5.41, 5.74) is 0.899. The maximum atomic E-state index is 13.7. The van der Waals surface area contributed by atoms with Crippen LogP contribution in [-0.2, 0) is 21.2 Å². The molecule has 5 nitrogen and oxygen atoms in total. The van der Waals surface area contributed by atoms with Gasteiger partial charge >= 0.3 is 0 Å². The molecule has 0 bridgehead atoms. The van der Waals surface area contributed by atoms with Crippen LogP contribution in [0.15, 0.2) is 54.6 Å². The summed E-state index contributed by atoms with van der Waals surface area (Å²) in [7, 11) is -3.13. The van der Waals surface area contributed by atoms with Gasteiger partial charge in [0.1, 0.15) is 0 Å². The van der Waals surface area contributed by atoms with Crippen LogP contribution in [0.1, 0.15) is 12.0 Å². The molecule has 0 aliphatic carbocycles. The molecule has 0 spiro atoms. The highest BCUT2D eigenvalue weighted by atomic mass is 32.2. The number of benzene rings is 2. The summed E-state index contributed by atoms with van der Waals surface area (Å²) in [6.07, 6.45) is 0.403. The highest BCUT2D eigenvalue weighted by molar-refractivity contribution is 7.91. The van der Waals surface area contributed by atoms with E-state index in [0.717, 1.165) is 5.56 Å². The van der Waals surface area contributed by atoms with Crippen LogP contribution in [0.2, 0.25) is 0 Å². The predicted molar refractivity (Wildman–Crippen MR) is 95.9 cm³/mol. The van der Waals surface area contributed by atoms with E-state index in [1.165, 1.54) is 23.1 Å². The first-order valence-electron chi connectivity index (χ1n) is 8.36. The number of hydrogen-bond acceptors (Lipinski definition) is 4. The van der Waals surface area contributed by atoms with Crippen LogP contribution >= 0.6 is 0 Å². The summed E-state index contributed by atoms with van der Waals surface area (Å²) in [4.78, 5) is 14.2. The van der Waals surface area contributed by atoms with E-state index in [0.29, 0.717) is 13.0 Å². The number of para-hydroxylation sites is 1. The van der Waals surface area contributed by atoms with Crippen molar-refractivity contribution in [1.82, 2.24) is 4.90 Å². The Balaban J connectivity index is 1.74. The molecule has 3 rings (SSSR count). The Kier molecular flexibility index (Phi) is 5.56. The summed E-state index contributed by atoms with van der Waals surface area (Å²) in [6, 6.07) is 14.8. The molecule has 1 aliphatic rings. The van der Waals surface area contributed by atoms with E-state index in [1.807, 2.05) is 30.3 Å². The molecule has 7 heteroatoms. The monoisotopic (exact) mass is 377 g/mol. The second kappa shape index (κ2) is 7.86. The van der Waals surface area contributed by atoms with Crippen LogP contribution in [0.3, 0.4) is 0 Å². The highest BCUT2D eigenvalue weighted by Crippen LogP contribution is 2.21. The fraction of sp³-hybridized carbons (Fsp3) is 0.316. The standard InChI is InChI=1S/C19H20FNO4S/c20-17-8-4-5-9-18(17)25-13-19(22)21(12-15-6-2-1-3-7-15)16-10-11-26(23,24)14-16/h1-9,16H,10-14H2/t16-/m1/s1. The normalized spacial score (nSPS) is 18.4. The molecule has 138 valence electrons. The second-order valence-electron chi connectivity index (χ2n) is 6.28. The van der Waals surface area contributed by atoms with Crippen molar-refractivity contribution in [2.75, 3.05) is 18.1 Å². The van der Waals surface area contributed by atoms with Crippen molar-refractivity contribution in [3.8, 4) is 5.75 Å². The van der Waals surface area contributed by atoms with Crippen molar-refractivity contribution in [3.63, 3.8) is 0 Å². The number of halogens is 1. The number of hydrogen-bond donors (Lipinski definition) is 0. The third kappa shape index (κ3) is 4.60. The highest BCUT2D eigenvalue weighted by Gasteiger charge is 2.34. The van der Waals surface area contributed by atoms with Gasteiger partial charge in [-0.1, -0.05) is 42.5 Å². The summed E-state index contributed by atoms with van der Waals surface area (Å²) >= 11 is 0. The molecule has 1 saturated heterocycles. The minimum Gasteiger partial charge on any atom is -0.481 e. The summed E-state index contributed by atoms with van der Waals surface area (Å²) in [5.74, 6) is -0.882. The number of ether oxygens (including phenoxy) is 1. The number of rotatable bonds is 6. The average Bonchev–Trinajstić information content (AvgIpc) is 2.99. The molecular formula is C19H20FNO4S. The summed E-state index contributed by atoms with van der Waals surface area (Å²) in [5, 5.41) is 0. The SMILES string of the molecule is O=C(COc1ccccc1F)N(Cc1ccccc1)[C@@H]1CCS(=O)(=O)C1. The minimum atomic E-state index is -3.13. The first-order chi connectivity index (χ1) is 12.4. The molecule has 2 aromatic rings. The Hall–Kier alpha value is -2.41. The van der Waals surface area contributed by atoms with Crippen LogP contribution in [0.25, 0.3) is 0 Å². The van der Waals surface area contributed by atoms with Gasteiger partial charge in [-0.3, -0.25) is 4.79 Å². The van der Waals surface area contributed by atoms with Gasteiger partial charge in [0.2, 0.25) is 0 Å². The first-order valence-corrected chi connectivity index (χ1v) is 10.2. The van der Waals surface area contributed by atoms with Crippen LogP contribution < -0.4 is 4.74 Å². The third-order valence-electron chi connectivity index (χ3n) is 4.35. The fourth-order valence-electron chi connectivity index (χ4n) is 3.01. The molecule has 1 amide bonds. The molecule has 1 aliphatic heterocycles. The van der Waals surface area contributed by atoms with Gasteiger partial charge in [-0.15, -0.1) is 0 Å². The maximum Gasteiger partial charge on any atom is 0.261 e. The van der Waals surface area contributed by atoms with Gasteiger partial charge < -0.3 is 9.64 Å². The molecule has 1 fully saturated rings. The van der Waals surface area contributed by atoms with E-state index in [1.54, 1.807) is 6.07 Å². The van der Waals surface area contributed by atoms with Crippen molar-refractivity contribution in [2.24, 2.45) is 0 Å². The number of amides is 1. The lowest BCUT2D eigenvalue weighted by molar-refractivity contribution is -0.136. The van der Waals surface area contributed by atoms with Gasteiger partial charge in [0.25, 0.3) is 5.91 Å². The van der Waals surface area contributed by atoms with Gasteiger partial charge in [-0.2, -0.15) is 0 Å². The molecular weight excluding hydrogens is 357 g/mol. The van der Waals surface area contributed by atoms with Gasteiger partial charge in [-0.25, -0.2) is 12.8 Å². The number of sulfone groups is 1. The van der Waals surface area contributed by atoms with Gasteiger partial charge in [0.15, 0.2) is 28.0 Å². The first kappa shape index (κ1) is 18.4. The quantitative estimate of drug-likeness (QED) is 0.776. The van der Waals surface area contributed by atoms with E-state index in [9.17, 15) is 17.6 Å². The topological polar surface area (TPSA) is 63.7 Å². The van der Waals surface area contributed by atoms with E-state index in [-0.39, 0.29) is 29.8 Å². The lowest BCUT2D eigenvalue weighted by Crippen LogP contribution is -2.43. The second-order valence-corrected chi connectivity index (χ2v) is 8.51. The molecule has 0 aromatic heterocycles. The van der Waals surface area contributed by atoms with Gasteiger partial charge in [-0.05, 0) is 24.1 Å². The number of carbonyl (C=O) groups is 1. The van der Waals surface area contributed by atoms with E-state index in [4.69, 9.17) is 4.74 Å². The molecule has 0 radical (unpaired) electrons. The Labute approximate surface area is 152 Å². The van der Waals surface area contributed by atoms with E-state index >= 15 is 0 Å². The predicted octanol–water partition coefficient (Wildman–Crippen LogP) is 2.42. The van der Waals surface area contributed by atoms with E-state index < -0.39 is 21.7 Å². The lowest BCUT2D eigenvalue weighted by atomic mass is 10.1. The van der Waals surface area contributed by atoms with Crippen molar-refractivity contribution < 1.29 is 22.3 Å². The molecule has 1 heterocycles. The van der Waals surface area contributed by atoms with Crippen LogP contribution in [0.4, 0.5) is 4.39 Å². The van der Waals surface area contributed by atoms with Crippen LogP contribution in [-0.4, -0.2) is 43.4 Å². The van der Waals surface area contributed by atoms with Gasteiger partial charge in [0.05, 0.1) is 11.5 Å². The fourth-order valence-corrected chi connectivity index (χ4v) is 4.74. The Bertz CT molecular complexity index is 870. The van der Waals surface area contributed by atoms with Crippen molar-refractivity contribution in [3.05, 3.63) is 66.0 Å². The number of nitrogens with zero attached hydrogens (tertiary/aromatic N) is 1. The molecule has 26 heavy (non-hydrogen) atoms.